The number of piperidine rings is 1. The summed E-state index contributed by atoms with van der Waals surface area (Å²) in [4.78, 5) is 12.6. The molecule has 0 spiro atoms. The molecule has 1 N–H and O–H groups in total. The molecule has 1 fully saturated rings. The van der Waals surface area contributed by atoms with Crippen molar-refractivity contribution in [3.8, 4) is 5.75 Å². The Hall–Kier alpha value is -2.09. The lowest BCUT2D eigenvalue weighted by Crippen LogP contribution is -2.45. The molecule has 1 aliphatic heterocycles. The molecule has 1 atom stereocenters. The molecule has 150 valence electrons. The predicted octanol–water partition coefficient (Wildman–Crippen LogP) is 3.07. The molecule has 0 bridgehead atoms. The molecular weight excluding hydrogens is 400 g/mol. The zero-order chi connectivity index (χ0) is 20.1. The molecule has 1 amide bonds. The fourth-order valence-corrected chi connectivity index (χ4v) is 5.13. The second kappa shape index (κ2) is 8.94. The van der Waals surface area contributed by atoms with Gasteiger partial charge in [0.15, 0.2) is 0 Å². The minimum absolute atomic E-state index is 0.101. The molecule has 1 saturated heterocycles. The van der Waals surface area contributed by atoms with Crippen molar-refractivity contribution < 1.29 is 17.9 Å². The van der Waals surface area contributed by atoms with E-state index in [4.69, 9.17) is 16.3 Å². The Bertz CT molecular complexity index is 934. The zero-order valence-corrected chi connectivity index (χ0v) is 17.2. The summed E-state index contributed by atoms with van der Waals surface area (Å²) in [7, 11) is -2.26. The summed E-state index contributed by atoms with van der Waals surface area (Å²) in [5, 5.41) is 3.14. The van der Waals surface area contributed by atoms with Crippen molar-refractivity contribution in [3.63, 3.8) is 0 Å². The van der Waals surface area contributed by atoms with Crippen molar-refractivity contribution in [2.75, 3.05) is 20.2 Å². The van der Waals surface area contributed by atoms with Crippen LogP contribution in [0.5, 0.6) is 5.75 Å². The minimum Gasteiger partial charge on any atom is -0.495 e. The number of amides is 1. The van der Waals surface area contributed by atoms with E-state index in [1.165, 1.54) is 29.6 Å². The number of nitrogens with zero attached hydrogens (tertiary/aromatic N) is 1. The molecule has 28 heavy (non-hydrogen) atoms. The standard InChI is InChI=1S/C20H23ClN2O4S/c1-27-19-10-9-17(12-18(19)21)28(25,26)23-11-5-8-16(14-23)20(24)22-13-15-6-3-2-4-7-15/h2-4,6-7,9-10,12,16H,5,8,11,13-14H2,1H3,(H,22,24)/t16-/m1/s1. The minimum atomic E-state index is -3.73. The first-order valence-electron chi connectivity index (χ1n) is 9.07. The number of benzene rings is 2. The Kier molecular flexibility index (Phi) is 6.59. The highest BCUT2D eigenvalue weighted by molar-refractivity contribution is 7.89. The fourth-order valence-electron chi connectivity index (χ4n) is 3.26. The molecule has 6 nitrogen and oxygen atoms in total. The molecule has 8 heteroatoms. The lowest BCUT2D eigenvalue weighted by Gasteiger charge is -2.31. The number of carbonyl (C=O) groups excluding carboxylic acids is 1. The highest BCUT2D eigenvalue weighted by Crippen LogP contribution is 2.30. The van der Waals surface area contributed by atoms with Crippen LogP contribution in [0.25, 0.3) is 0 Å². The van der Waals surface area contributed by atoms with Gasteiger partial charge in [0.2, 0.25) is 15.9 Å². The zero-order valence-electron chi connectivity index (χ0n) is 15.6. The van der Waals surface area contributed by atoms with Crippen molar-refractivity contribution in [1.29, 1.82) is 0 Å². The molecule has 3 rings (SSSR count). The lowest BCUT2D eigenvalue weighted by atomic mass is 9.99. The van der Waals surface area contributed by atoms with E-state index in [0.29, 0.717) is 31.7 Å². The van der Waals surface area contributed by atoms with E-state index in [-0.39, 0.29) is 28.3 Å². The fraction of sp³-hybridized carbons (Fsp3) is 0.350. The molecule has 0 saturated carbocycles. The molecule has 1 aliphatic rings. The van der Waals surface area contributed by atoms with Gasteiger partial charge in [-0.05, 0) is 36.6 Å². The van der Waals surface area contributed by atoms with Crippen molar-refractivity contribution >= 4 is 27.5 Å². The van der Waals surface area contributed by atoms with Gasteiger partial charge >= 0.3 is 0 Å². The Morgan fingerprint density at radius 2 is 2.00 bits per heavy atom. The third-order valence-electron chi connectivity index (χ3n) is 4.83. The summed E-state index contributed by atoms with van der Waals surface area (Å²) in [6.45, 7) is 0.970. The average molecular weight is 423 g/mol. The number of carbonyl (C=O) groups is 1. The summed E-state index contributed by atoms with van der Waals surface area (Å²) < 4.78 is 32.4. The van der Waals surface area contributed by atoms with Crippen LogP contribution in [0, 0.1) is 5.92 Å². The number of methoxy groups -OCH3 is 1. The normalized spacial score (nSPS) is 17.9. The highest BCUT2D eigenvalue weighted by Gasteiger charge is 2.33. The second-order valence-electron chi connectivity index (χ2n) is 6.70. The van der Waals surface area contributed by atoms with E-state index in [1.54, 1.807) is 0 Å². The molecule has 0 unspecified atom stereocenters. The number of nitrogens with one attached hydrogen (secondary N) is 1. The Balaban J connectivity index is 1.68. The number of hydrogen-bond acceptors (Lipinski definition) is 4. The van der Waals surface area contributed by atoms with Crippen LogP contribution < -0.4 is 10.1 Å². The largest absolute Gasteiger partial charge is 0.495 e. The van der Waals surface area contributed by atoms with Crippen molar-refractivity contribution in [2.45, 2.75) is 24.3 Å². The molecule has 0 radical (unpaired) electrons. The van der Waals surface area contributed by atoms with Crippen molar-refractivity contribution in [2.24, 2.45) is 5.92 Å². The summed E-state index contributed by atoms with van der Waals surface area (Å²) in [5.74, 6) is -0.0881. The van der Waals surface area contributed by atoms with Crippen LogP contribution >= 0.6 is 11.6 Å². The van der Waals surface area contributed by atoms with Crippen molar-refractivity contribution in [1.82, 2.24) is 9.62 Å². The summed E-state index contributed by atoms with van der Waals surface area (Å²) in [5.41, 5.74) is 1.00. The molecule has 0 aromatic heterocycles. The van der Waals surface area contributed by atoms with Crippen LogP contribution in [0.2, 0.25) is 5.02 Å². The van der Waals surface area contributed by atoms with Gasteiger partial charge in [-0.1, -0.05) is 41.9 Å². The van der Waals surface area contributed by atoms with Gasteiger partial charge < -0.3 is 10.1 Å². The van der Waals surface area contributed by atoms with Gasteiger partial charge in [0.1, 0.15) is 5.75 Å². The number of sulfonamides is 1. The van der Waals surface area contributed by atoms with Gasteiger partial charge in [-0.2, -0.15) is 4.31 Å². The lowest BCUT2D eigenvalue weighted by molar-refractivity contribution is -0.126. The van der Waals surface area contributed by atoms with Gasteiger partial charge in [-0.15, -0.1) is 0 Å². The maximum atomic E-state index is 13.0. The van der Waals surface area contributed by atoms with E-state index in [1.807, 2.05) is 30.3 Å². The smallest absolute Gasteiger partial charge is 0.243 e. The van der Waals surface area contributed by atoms with Gasteiger partial charge in [-0.25, -0.2) is 8.42 Å². The van der Waals surface area contributed by atoms with Gasteiger partial charge in [0, 0.05) is 19.6 Å². The van der Waals surface area contributed by atoms with Crippen LogP contribution in [0.15, 0.2) is 53.4 Å². The van der Waals surface area contributed by atoms with Gasteiger partial charge in [0.05, 0.1) is 22.9 Å². The van der Waals surface area contributed by atoms with E-state index >= 15 is 0 Å². The summed E-state index contributed by atoms with van der Waals surface area (Å²) in [6.07, 6.45) is 1.29. The maximum absolute atomic E-state index is 13.0. The Morgan fingerprint density at radius 1 is 1.25 bits per heavy atom. The first-order valence-corrected chi connectivity index (χ1v) is 10.9. The SMILES string of the molecule is COc1ccc(S(=O)(=O)N2CCC[C@@H](C(=O)NCc3ccccc3)C2)cc1Cl. The maximum Gasteiger partial charge on any atom is 0.243 e. The first-order chi connectivity index (χ1) is 13.4. The summed E-state index contributed by atoms with van der Waals surface area (Å²) >= 11 is 6.08. The van der Waals surface area contributed by atoms with Crippen LogP contribution in [0.3, 0.4) is 0 Å². The van der Waals surface area contributed by atoms with Crippen LogP contribution in [0.1, 0.15) is 18.4 Å². The number of hydrogen-bond donors (Lipinski definition) is 1. The molecule has 1 heterocycles. The monoisotopic (exact) mass is 422 g/mol. The van der Waals surface area contributed by atoms with Crippen molar-refractivity contribution in [3.05, 3.63) is 59.1 Å². The third-order valence-corrected chi connectivity index (χ3v) is 6.98. The average Bonchev–Trinajstić information content (AvgIpc) is 2.72. The summed E-state index contributed by atoms with van der Waals surface area (Å²) in [6, 6.07) is 14.0. The highest BCUT2D eigenvalue weighted by atomic mass is 35.5. The second-order valence-corrected chi connectivity index (χ2v) is 9.05. The number of halogens is 1. The predicted molar refractivity (Wildman–Crippen MR) is 108 cm³/mol. The molecular formula is C20H23ClN2O4S. The number of rotatable bonds is 6. The molecule has 0 aliphatic carbocycles. The Labute approximate surface area is 170 Å². The third kappa shape index (κ3) is 4.66. The number of ether oxygens (including phenoxy) is 1. The first kappa shape index (κ1) is 20.6. The Morgan fingerprint density at radius 3 is 2.68 bits per heavy atom. The van der Waals surface area contributed by atoms with Crippen LogP contribution in [-0.4, -0.2) is 38.8 Å². The van der Waals surface area contributed by atoms with E-state index in [9.17, 15) is 13.2 Å². The van der Waals surface area contributed by atoms with E-state index in [0.717, 1.165) is 5.56 Å². The van der Waals surface area contributed by atoms with E-state index < -0.39 is 10.0 Å². The van der Waals surface area contributed by atoms with Gasteiger partial charge in [-0.3, -0.25) is 4.79 Å². The van der Waals surface area contributed by atoms with E-state index in [2.05, 4.69) is 5.32 Å². The quantitative estimate of drug-likeness (QED) is 0.776. The molecule has 2 aromatic carbocycles. The molecule has 2 aromatic rings. The topological polar surface area (TPSA) is 75.7 Å². The van der Waals surface area contributed by atoms with Gasteiger partial charge in [0.25, 0.3) is 0 Å². The van der Waals surface area contributed by atoms with Crippen LogP contribution in [-0.2, 0) is 21.4 Å². The van der Waals surface area contributed by atoms with Crippen LogP contribution in [0.4, 0.5) is 0 Å².